The summed E-state index contributed by atoms with van der Waals surface area (Å²) in [7, 11) is 1.30. The molecule has 0 fully saturated rings. The maximum Gasteiger partial charge on any atom is 0.412 e. The van der Waals surface area contributed by atoms with Crippen molar-refractivity contribution >= 4 is 11.9 Å². The van der Waals surface area contributed by atoms with Crippen LogP contribution in [0.4, 0.5) is 10.6 Å². The number of aryl methyl sites for hydroxylation is 1. The lowest BCUT2D eigenvalue weighted by Gasteiger charge is -2.02. The van der Waals surface area contributed by atoms with Crippen LogP contribution in [-0.4, -0.2) is 23.4 Å². The van der Waals surface area contributed by atoms with Gasteiger partial charge in [0, 0.05) is 0 Å². The van der Waals surface area contributed by atoms with Crippen LogP contribution in [0.15, 0.2) is 12.3 Å². The molecule has 5 heteroatoms. The fourth-order valence-electron chi connectivity index (χ4n) is 0.817. The Balaban J connectivity index is 2.71. The molecule has 0 atom stereocenters. The Labute approximate surface area is 76.1 Å². The molecule has 1 N–H and O–H groups in total. The average molecular weight is 181 g/mol. The number of hydrogen-bond donors (Lipinski definition) is 1. The highest BCUT2D eigenvalue weighted by molar-refractivity contribution is 5.83. The zero-order valence-electron chi connectivity index (χ0n) is 7.57. The third kappa shape index (κ3) is 2.70. The van der Waals surface area contributed by atoms with E-state index in [4.69, 9.17) is 0 Å². The van der Waals surface area contributed by atoms with E-state index in [1.807, 2.05) is 6.92 Å². The second-order valence-corrected chi connectivity index (χ2v) is 2.42. The predicted octanol–water partition coefficient (Wildman–Crippen LogP) is 1.22. The van der Waals surface area contributed by atoms with Crippen LogP contribution in [0.2, 0.25) is 0 Å². The summed E-state index contributed by atoms with van der Waals surface area (Å²) in [5.41, 5.74) is 1.02. The molecule has 0 aliphatic carbocycles. The number of carbonyl (C=O) groups excluding carboxylic acids is 1. The summed E-state index contributed by atoms with van der Waals surface area (Å²) in [6.45, 7) is 2.00. The van der Waals surface area contributed by atoms with Crippen molar-refractivity contribution in [1.82, 2.24) is 10.2 Å². The van der Waals surface area contributed by atoms with Gasteiger partial charge in [-0.3, -0.25) is 5.32 Å². The minimum atomic E-state index is -0.539. The van der Waals surface area contributed by atoms with E-state index in [2.05, 4.69) is 20.3 Å². The molecule has 0 saturated carbocycles. The zero-order chi connectivity index (χ0) is 9.68. The fourth-order valence-corrected chi connectivity index (χ4v) is 0.817. The van der Waals surface area contributed by atoms with E-state index in [0.717, 1.165) is 12.0 Å². The van der Waals surface area contributed by atoms with Gasteiger partial charge in [0.1, 0.15) is 0 Å². The Hall–Kier alpha value is -1.65. The molecule has 0 aliphatic heterocycles. The lowest BCUT2D eigenvalue weighted by Crippen LogP contribution is -2.12. The summed E-state index contributed by atoms with van der Waals surface area (Å²) in [6.07, 6.45) is 1.97. The van der Waals surface area contributed by atoms with Crippen LogP contribution in [0.5, 0.6) is 0 Å². The largest absolute Gasteiger partial charge is 0.453 e. The van der Waals surface area contributed by atoms with E-state index in [1.165, 1.54) is 7.11 Å². The van der Waals surface area contributed by atoms with Crippen LogP contribution < -0.4 is 5.32 Å². The summed E-state index contributed by atoms with van der Waals surface area (Å²) in [4.78, 5) is 10.8. The van der Waals surface area contributed by atoms with Gasteiger partial charge in [0.2, 0.25) is 0 Å². The molecule has 1 heterocycles. The third-order valence-electron chi connectivity index (χ3n) is 1.53. The van der Waals surface area contributed by atoms with E-state index in [-0.39, 0.29) is 0 Å². The number of amides is 1. The highest BCUT2D eigenvalue weighted by atomic mass is 16.5. The number of nitrogens with one attached hydrogen (secondary N) is 1. The van der Waals surface area contributed by atoms with Gasteiger partial charge in [-0.25, -0.2) is 4.79 Å². The quantitative estimate of drug-likeness (QED) is 0.745. The highest BCUT2D eigenvalue weighted by Crippen LogP contribution is 2.05. The predicted molar refractivity (Wildman–Crippen MR) is 47.4 cm³/mol. The van der Waals surface area contributed by atoms with Crippen LogP contribution in [0.25, 0.3) is 0 Å². The molecular weight excluding hydrogens is 170 g/mol. The van der Waals surface area contributed by atoms with Crippen LogP contribution in [0, 0.1) is 0 Å². The van der Waals surface area contributed by atoms with Crippen molar-refractivity contribution in [2.75, 3.05) is 12.4 Å². The van der Waals surface area contributed by atoms with Crippen LogP contribution in [0.3, 0.4) is 0 Å². The monoisotopic (exact) mass is 181 g/mol. The maximum atomic E-state index is 10.8. The molecule has 1 rings (SSSR count). The lowest BCUT2D eigenvalue weighted by molar-refractivity contribution is 0.187. The van der Waals surface area contributed by atoms with Crippen molar-refractivity contribution in [2.24, 2.45) is 0 Å². The number of carbonyl (C=O) groups is 1. The van der Waals surface area contributed by atoms with Gasteiger partial charge in [-0.05, 0) is 18.1 Å². The Morgan fingerprint density at radius 3 is 3.08 bits per heavy atom. The summed E-state index contributed by atoms with van der Waals surface area (Å²) >= 11 is 0. The van der Waals surface area contributed by atoms with Gasteiger partial charge in [-0.1, -0.05) is 6.92 Å². The molecule has 0 bridgehead atoms. The molecular formula is C8H11N3O2. The first-order valence-corrected chi connectivity index (χ1v) is 3.92. The molecule has 0 aromatic carbocycles. The Morgan fingerprint density at radius 2 is 2.46 bits per heavy atom. The molecule has 1 amide bonds. The van der Waals surface area contributed by atoms with Crippen molar-refractivity contribution in [3.63, 3.8) is 0 Å². The van der Waals surface area contributed by atoms with Crippen LogP contribution in [0.1, 0.15) is 12.5 Å². The average Bonchev–Trinajstić information content (AvgIpc) is 2.18. The van der Waals surface area contributed by atoms with E-state index in [0.29, 0.717) is 5.82 Å². The summed E-state index contributed by atoms with van der Waals surface area (Å²) < 4.78 is 4.41. The molecule has 1 aromatic heterocycles. The van der Waals surface area contributed by atoms with Gasteiger partial charge in [-0.2, -0.15) is 5.10 Å². The highest BCUT2D eigenvalue weighted by Gasteiger charge is 2.02. The number of methoxy groups -OCH3 is 1. The topological polar surface area (TPSA) is 64.1 Å². The lowest BCUT2D eigenvalue weighted by atomic mass is 10.2. The number of hydrogen-bond acceptors (Lipinski definition) is 4. The first-order chi connectivity index (χ1) is 6.26. The number of rotatable bonds is 2. The molecule has 0 spiro atoms. The molecule has 0 unspecified atom stereocenters. The molecule has 0 radical (unpaired) electrons. The Kier molecular flexibility index (Phi) is 3.19. The normalized spacial score (nSPS) is 9.38. The standard InChI is InChI=1S/C8H11N3O2/c1-3-6-4-7(11-9-5-6)10-8(12)13-2/h4-5H,3H2,1-2H3,(H,10,11,12). The van der Waals surface area contributed by atoms with E-state index in [1.54, 1.807) is 12.3 Å². The van der Waals surface area contributed by atoms with Crippen molar-refractivity contribution in [3.05, 3.63) is 17.8 Å². The van der Waals surface area contributed by atoms with Gasteiger partial charge >= 0.3 is 6.09 Å². The second-order valence-electron chi connectivity index (χ2n) is 2.42. The number of aromatic nitrogens is 2. The number of nitrogens with zero attached hydrogens (tertiary/aromatic N) is 2. The first kappa shape index (κ1) is 9.44. The summed E-state index contributed by atoms with van der Waals surface area (Å²) in [5, 5.41) is 9.87. The molecule has 0 saturated heterocycles. The maximum absolute atomic E-state index is 10.8. The van der Waals surface area contributed by atoms with Gasteiger partial charge in [-0.15, -0.1) is 5.10 Å². The minimum Gasteiger partial charge on any atom is -0.453 e. The molecule has 1 aromatic rings. The Morgan fingerprint density at radius 1 is 1.69 bits per heavy atom. The van der Waals surface area contributed by atoms with E-state index < -0.39 is 6.09 Å². The fraction of sp³-hybridized carbons (Fsp3) is 0.375. The van der Waals surface area contributed by atoms with Crippen LogP contribution in [-0.2, 0) is 11.2 Å². The SMILES string of the molecule is CCc1cnnc(NC(=O)OC)c1. The smallest absolute Gasteiger partial charge is 0.412 e. The molecule has 5 nitrogen and oxygen atoms in total. The van der Waals surface area contributed by atoms with Crippen LogP contribution >= 0.6 is 0 Å². The van der Waals surface area contributed by atoms with E-state index in [9.17, 15) is 4.79 Å². The first-order valence-electron chi connectivity index (χ1n) is 3.92. The van der Waals surface area contributed by atoms with Crippen molar-refractivity contribution in [1.29, 1.82) is 0 Å². The van der Waals surface area contributed by atoms with Gasteiger partial charge in [0.25, 0.3) is 0 Å². The van der Waals surface area contributed by atoms with Crippen molar-refractivity contribution in [2.45, 2.75) is 13.3 Å². The number of ether oxygens (including phenoxy) is 1. The molecule has 70 valence electrons. The summed E-state index contributed by atoms with van der Waals surface area (Å²) in [5.74, 6) is 0.409. The summed E-state index contributed by atoms with van der Waals surface area (Å²) in [6, 6.07) is 1.75. The van der Waals surface area contributed by atoms with Gasteiger partial charge in [0.05, 0.1) is 13.3 Å². The Bertz CT molecular complexity index is 301. The minimum absolute atomic E-state index is 0.409. The molecule has 0 aliphatic rings. The van der Waals surface area contributed by atoms with Crippen molar-refractivity contribution < 1.29 is 9.53 Å². The van der Waals surface area contributed by atoms with Crippen molar-refractivity contribution in [3.8, 4) is 0 Å². The molecule has 13 heavy (non-hydrogen) atoms. The number of anilines is 1. The van der Waals surface area contributed by atoms with Gasteiger partial charge in [0.15, 0.2) is 5.82 Å². The zero-order valence-corrected chi connectivity index (χ0v) is 7.57. The third-order valence-corrected chi connectivity index (χ3v) is 1.53. The van der Waals surface area contributed by atoms with Gasteiger partial charge < -0.3 is 4.74 Å². The van der Waals surface area contributed by atoms with E-state index >= 15 is 0 Å². The second kappa shape index (κ2) is 4.39.